The van der Waals surface area contributed by atoms with E-state index in [-0.39, 0.29) is 19.1 Å². The van der Waals surface area contributed by atoms with Gasteiger partial charge in [-0.2, -0.15) is 0 Å². The summed E-state index contributed by atoms with van der Waals surface area (Å²) in [4.78, 5) is 0. The van der Waals surface area contributed by atoms with Gasteiger partial charge >= 0.3 is 0 Å². The van der Waals surface area contributed by atoms with Gasteiger partial charge in [0.25, 0.3) is 0 Å². The average Bonchev–Trinajstić information content (AvgIpc) is 2.62. The first-order chi connectivity index (χ1) is 6.72. The maximum atomic E-state index is 9.35. The van der Waals surface area contributed by atoms with Crippen molar-refractivity contribution in [3.8, 4) is 17.2 Å². The van der Waals surface area contributed by atoms with Crippen LogP contribution in [0, 0.1) is 0 Å². The average molecular weight is 197 g/mol. The highest BCUT2D eigenvalue weighted by Gasteiger charge is 2.22. The Morgan fingerprint density at radius 2 is 2.21 bits per heavy atom. The number of hydrogen-bond acceptors (Lipinski definition) is 5. The van der Waals surface area contributed by atoms with Crippen LogP contribution in [0.25, 0.3) is 0 Å². The smallest absolute Gasteiger partial charge is 0.231 e. The number of hydrogen-bond donors (Lipinski definition) is 3. The van der Waals surface area contributed by atoms with Crippen molar-refractivity contribution in [2.24, 2.45) is 5.73 Å². The summed E-state index contributed by atoms with van der Waals surface area (Å²) in [6.07, 6.45) is 0. The monoisotopic (exact) mass is 197 g/mol. The van der Waals surface area contributed by atoms with Crippen molar-refractivity contribution in [3.05, 3.63) is 17.7 Å². The summed E-state index contributed by atoms with van der Waals surface area (Å²) in [6, 6.07) is 2.35. The fourth-order valence-electron chi connectivity index (χ4n) is 1.40. The Balaban J connectivity index is 2.48. The number of ether oxygens (including phenoxy) is 2. The van der Waals surface area contributed by atoms with Gasteiger partial charge in [-0.15, -0.1) is 0 Å². The highest BCUT2D eigenvalue weighted by Crippen LogP contribution is 2.40. The Labute approximate surface area is 80.7 Å². The molecule has 76 valence electrons. The SMILES string of the molecule is NC(CO)c1cc(O)cc2c1OCO2. The van der Waals surface area contributed by atoms with Crippen LogP contribution in [-0.2, 0) is 0 Å². The van der Waals surface area contributed by atoms with Crippen molar-refractivity contribution in [2.75, 3.05) is 13.4 Å². The maximum absolute atomic E-state index is 9.35. The predicted octanol–water partition coefficient (Wildman–Crippen LogP) is 0.113. The van der Waals surface area contributed by atoms with E-state index in [1.54, 1.807) is 0 Å². The summed E-state index contributed by atoms with van der Waals surface area (Å²) >= 11 is 0. The molecule has 0 bridgehead atoms. The molecule has 5 nitrogen and oxygen atoms in total. The van der Waals surface area contributed by atoms with Crippen LogP contribution < -0.4 is 15.2 Å². The number of phenols is 1. The summed E-state index contributed by atoms with van der Waals surface area (Å²) in [6.45, 7) is -0.0941. The predicted molar refractivity (Wildman–Crippen MR) is 48.2 cm³/mol. The van der Waals surface area contributed by atoms with Crippen molar-refractivity contribution < 1.29 is 19.7 Å². The Kier molecular flexibility index (Phi) is 2.18. The minimum absolute atomic E-state index is 0.0492. The molecule has 1 heterocycles. The number of aliphatic hydroxyl groups is 1. The second-order valence-electron chi connectivity index (χ2n) is 3.06. The van der Waals surface area contributed by atoms with E-state index >= 15 is 0 Å². The van der Waals surface area contributed by atoms with Crippen LogP contribution in [-0.4, -0.2) is 23.6 Å². The van der Waals surface area contributed by atoms with E-state index in [1.807, 2.05) is 0 Å². The Morgan fingerprint density at radius 1 is 1.43 bits per heavy atom. The van der Waals surface area contributed by atoms with Crippen LogP contribution in [0.1, 0.15) is 11.6 Å². The van der Waals surface area contributed by atoms with Gasteiger partial charge in [-0.25, -0.2) is 0 Å². The van der Waals surface area contributed by atoms with E-state index in [1.165, 1.54) is 12.1 Å². The molecule has 1 unspecified atom stereocenters. The number of rotatable bonds is 2. The molecule has 14 heavy (non-hydrogen) atoms. The molecular weight excluding hydrogens is 186 g/mol. The Hall–Kier alpha value is -1.46. The number of nitrogens with two attached hydrogens (primary N) is 1. The van der Waals surface area contributed by atoms with E-state index in [2.05, 4.69) is 0 Å². The molecule has 4 N–H and O–H groups in total. The number of benzene rings is 1. The van der Waals surface area contributed by atoms with E-state index in [9.17, 15) is 5.11 Å². The molecule has 5 heteroatoms. The van der Waals surface area contributed by atoms with Gasteiger partial charge in [0.2, 0.25) is 6.79 Å². The summed E-state index contributed by atoms with van der Waals surface area (Å²) in [5.41, 5.74) is 6.20. The van der Waals surface area contributed by atoms with Gasteiger partial charge in [-0.1, -0.05) is 0 Å². The highest BCUT2D eigenvalue weighted by atomic mass is 16.7. The first-order valence-electron chi connectivity index (χ1n) is 4.21. The van der Waals surface area contributed by atoms with Gasteiger partial charge in [0, 0.05) is 11.6 Å². The number of phenolic OH excluding ortho intramolecular Hbond substituents is 1. The molecule has 0 aromatic heterocycles. The third-order valence-electron chi connectivity index (χ3n) is 2.08. The first-order valence-corrected chi connectivity index (χ1v) is 4.21. The molecule has 1 aliphatic heterocycles. The topological polar surface area (TPSA) is 84.9 Å². The lowest BCUT2D eigenvalue weighted by molar-refractivity contribution is 0.172. The van der Waals surface area contributed by atoms with Gasteiger partial charge in [0.15, 0.2) is 11.5 Å². The van der Waals surface area contributed by atoms with Crippen molar-refractivity contribution in [2.45, 2.75) is 6.04 Å². The van der Waals surface area contributed by atoms with Crippen LogP contribution in [0.3, 0.4) is 0 Å². The summed E-state index contributed by atoms with van der Waals surface area (Å²) in [7, 11) is 0. The van der Waals surface area contributed by atoms with Crippen molar-refractivity contribution >= 4 is 0 Å². The van der Waals surface area contributed by atoms with E-state index in [4.69, 9.17) is 20.3 Å². The van der Waals surface area contributed by atoms with Crippen molar-refractivity contribution in [1.29, 1.82) is 0 Å². The zero-order chi connectivity index (χ0) is 10.1. The Bertz CT molecular complexity index is 353. The third-order valence-corrected chi connectivity index (χ3v) is 2.08. The molecule has 2 rings (SSSR count). The van der Waals surface area contributed by atoms with E-state index in [0.717, 1.165) is 0 Å². The minimum atomic E-state index is -0.572. The molecule has 1 atom stereocenters. The fourth-order valence-corrected chi connectivity index (χ4v) is 1.40. The second-order valence-corrected chi connectivity index (χ2v) is 3.06. The van der Waals surface area contributed by atoms with Crippen molar-refractivity contribution in [1.82, 2.24) is 0 Å². The van der Waals surface area contributed by atoms with Crippen LogP contribution >= 0.6 is 0 Å². The molecule has 0 fully saturated rings. The first kappa shape index (κ1) is 9.11. The number of aliphatic hydroxyl groups excluding tert-OH is 1. The third kappa shape index (κ3) is 1.36. The normalized spacial score (nSPS) is 15.6. The molecule has 0 saturated heterocycles. The van der Waals surface area contributed by atoms with Gasteiger partial charge in [0.1, 0.15) is 5.75 Å². The molecule has 0 spiro atoms. The molecular formula is C9H11NO4. The molecule has 1 aromatic carbocycles. The lowest BCUT2D eigenvalue weighted by atomic mass is 10.1. The molecule has 1 aliphatic rings. The maximum Gasteiger partial charge on any atom is 0.231 e. The van der Waals surface area contributed by atoms with E-state index < -0.39 is 6.04 Å². The fraction of sp³-hybridized carbons (Fsp3) is 0.333. The summed E-state index contributed by atoms with van der Waals surface area (Å²) in [5.74, 6) is 1.02. The number of aromatic hydroxyl groups is 1. The summed E-state index contributed by atoms with van der Waals surface area (Å²) < 4.78 is 10.3. The molecule has 0 aliphatic carbocycles. The molecule has 1 aromatic rings. The van der Waals surface area contributed by atoms with Gasteiger partial charge < -0.3 is 25.4 Å². The lowest BCUT2D eigenvalue weighted by Crippen LogP contribution is -2.15. The van der Waals surface area contributed by atoms with E-state index in [0.29, 0.717) is 17.1 Å². The lowest BCUT2D eigenvalue weighted by Gasteiger charge is -2.11. The minimum Gasteiger partial charge on any atom is -0.508 e. The molecule has 0 amide bonds. The second kappa shape index (κ2) is 3.36. The Morgan fingerprint density at radius 3 is 2.93 bits per heavy atom. The van der Waals surface area contributed by atoms with Gasteiger partial charge in [0.05, 0.1) is 12.6 Å². The standard InChI is InChI=1S/C9H11NO4/c10-7(3-11)6-1-5(12)2-8-9(6)14-4-13-8/h1-2,7,11-12H,3-4,10H2. The molecule has 0 radical (unpaired) electrons. The number of fused-ring (bicyclic) bond motifs is 1. The zero-order valence-corrected chi connectivity index (χ0v) is 7.43. The van der Waals surface area contributed by atoms with Crippen molar-refractivity contribution in [3.63, 3.8) is 0 Å². The quantitative estimate of drug-likeness (QED) is 0.626. The van der Waals surface area contributed by atoms with Gasteiger partial charge in [-0.05, 0) is 6.07 Å². The van der Waals surface area contributed by atoms with Crippen LogP contribution in [0.15, 0.2) is 12.1 Å². The zero-order valence-electron chi connectivity index (χ0n) is 7.43. The highest BCUT2D eigenvalue weighted by molar-refractivity contribution is 5.53. The molecule has 0 saturated carbocycles. The van der Waals surface area contributed by atoms with Crippen LogP contribution in [0.2, 0.25) is 0 Å². The summed E-state index contributed by atoms with van der Waals surface area (Å²) in [5, 5.41) is 18.3. The largest absolute Gasteiger partial charge is 0.508 e. The van der Waals surface area contributed by atoms with Crippen LogP contribution in [0.5, 0.6) is 17.2 Å². The van der Waals surface area contributed by atoms with Crippen LogP contribution in [0.4, 0.5) is 0 Å². The van der Waals surface area contributed by atoms with Gasteiger partial charge in [-0.3, -0.25) is 0 Å².